The summed E-state index contributed by atoms with van der Waals surface area (Å²) in [5.74, 6) is -4.45. The Morgan fingerprint density at radius 1 is 1.15 bits per heavy atom. The van der Waals surface area contributed by atoms with Crippen LogP contribution in [-0.4, -0.2) is 55.1 Å². The number of pyridine rings is 1. The average molecular weight is 500 g/mol. The summed E-state index contributed by atoms with van der Waals surface area (Å²) in [6.45, 7) is 0.429. The number of benzene rings is 2. The number of halogens is 4. The monoisotopic (exact) mass is 499 g/mol. The van der Waals surface area contributed by atoms with Crippen LogP contribution in [0, 0.1) is 17.5 Å². The third-order valence-corrected chi connectivity index (χ3v) is 5.70. The molecule has 0 amide bonds. The number of ether oxygens (including phenoxy) is 2. The van der Waals surface area contributed by atoms with Gasteiger partial charge in [-0.15, -0.1) is 12.4 Å². The number of hydrogen-bond acceptors (Lipinski definition) is 6. The van der Waals surface area contributed by atoms with Crippen LogP contribution < -0.4 is 20.8 Å². The quantitative estimate of drug-likeness (QED) is 0.556. The molecule has 1 fully saturated rings. The second-order valence-corrected chi connectivity index (χ2v) is 7.62. The Morgan fingerprint density at radius 3 is 2.41 bits per heavy atom. The molecule has 1 aliphatic heterocycles. The van der Waals surface area contributed by atoms with E-state index in [9.17, 15) is 23.5 Å². The summed E-state index contributed by atoms with van der Waals surface area (Å²) in [6.07, 6.45) is 0.511. The van der Waals surface area contributed by atoms with Gasteiger partial charge >= 0.3 is 5.97 Å². The molecule has 3 N–H and O–H groups in total. The van der Waals surface area contributed by atoms with Crippen molar-refractivity contribution in [3.8, 4) is 11.4 Å². The Morgan fingerprint density at radius 2 is 1.85 bits per heavy atom. The van der Waals surface area contributed by atoms with Crippen molar-refractivity contribution in [1.82, 2.24) is 4.57 Å². The van der Waals surface area contributed by atoms with Crippen molar-refractivity contribution in [3.63, 3.8) is 0 Å². The highest BCUT2D eigenvalue weighted by molar-refractivity contribution is 5.98. The van der Waals surface area contributed by atoms with Crippen LogP contribution in [0.3, 0.4) is 0 Å². The van der Waals surface area contributed by atoms with Crippen LogP contribution in [0.15, 0.2) is 35.3 Å². The molecule has 8 nitrogen and oxygen atoms in total. The Kier molecular flexibility index (Phi) is 7.10. The number of anilines is 1. The predicted octanol–water partition coefficient (Wildman–Crippen LogP) is 2.70. The van der Waals surface area contributed by atoms with Crippen LogP contribution in [0.5, 0.6) is 5.75 Å². The normalized spacial score (nSPS) is 17.6. The van der Waals surface area contributed by atoms with Crippen LogP contribution in [0.4, 0.5) is 18.9 Å². The molecule has 2 heterocycles. The molecule has 0 spiro atoms. The first kappa shape index (κ1) is 25.3. The van der Waals surface area contributed by atoms with E-state index in [4.69, 9.17) is 15.2 Å². The third-order valence-electron chi connectivity index (χ3n) is 5.70. The van der Waals surface area contributed by atoms with Crippen molar-refractivity contribution in [3.05, 3.63) is 63.7 Å². The smallest absolute Gasteiger partial charge is 0.341 e. The van der Waals surface area contributed by atoms with Gasteiger partial charge in [-0.05, 0) is 18.2 Å². The Hall–Kier alpha value is -3.28. The van der Waals surface area contributed by atoms with Gasteiger partial charge in [0.15, 0.2) is 11.6 Å². The standard InChI is InChI=1S/C22H20F3N3O5.ClH/c1-32-17-9-27(8-15(17)26)19-14(25)6-11-18(21(19)33-2)28(7-12(20(11)29)22(30)31)16-4-3-10(23)5-13(16)24;/h3-7,15,17H,8-9,26H2,1-2H3,(H,30,31);1H/t15-,17+;/m0./s1. The highest BCUT2D eigenvalue weighted by Crippen LogP contribution is 2.40. The summed E-state index contributed by atoms with van der Waals surface area (Å²) in [7, 11) is 2.72. The fourth-order valence-electron chi connectivity index (χ4n) is 4.15. The van der Waals surface area contributed by atoms with Crippen molar-refractivity contribution in [2.24, 2.45) is 5.73 Å². The lowest BCUT2D eigenvalue weighted by Gasteiger charge is -2.24. The summed E-state index contributed by atoms with van der Waals surface area (Å²) < 4.78 is 55.4. The summed E-state index contributed by atoms with van der Waals surface area (Å²) >= 11 is 0. The van der Waals surface area contributed by atoms with Crippen LogP contribution >= 0.6 is 12.4 Å². The van der Waals surface area contributed by atoms with Crippen LogP contribution in [-0.2, 0) is 4.74 Å². The van der Waals surface area contributed by atoms with Crippen molar-refractivity contribution in [2.45, 2.75) is 12.1 Å². The zero-order valence-corrected chi connectivity index (χ0v) is 18.9. The van der Waals surface area contributed by atoms with E-state index >= 15 is 4.39 Å². The minimum Gasteiger partial charge on any atom is -0.492 e. The molecule has 0 bridgehead atoms. The predicted molar refractivity (Wildman–Crippen MR) is 121 cm³/mol. The number of aromatic carboxylic acids is 1. The zero-order chi connectivity index (χ0) is 24.0. The molecule has 12 heteroatoms. The van der Waals surface area contributed by atoms with Crippen molar-refractivity contribution in [2.75, 3.05) is 32.2 Å². The summed E-state index contributed by atoms with van der Waals surface area (Å²) in [4.78, 5) is 26.1. The first-order valence-electron chi connectivity index (χ1n) is 9.85. The molecule has 1 aromatic heterocycles. The fraction of sp³-hybridized carbons (Fsp3) is 0.273. The molecule has 1 aliphatic rings. The van der Waals surface area contributed by atoms with E-state index in [1.54, 1.807) is 4.90 Å². The highest BCUT2D eigenvalue weighted by atomic mass is 35.5. The van der Waals surface area contributed by atoms with Gasteiger partial charge in [0, 0.05) is 32.5 Å². The SMILES string of the molecule is COc1c(N2C[C@H](N)[C@H](OC)C2)c(F)cc2c(=O)c(C(=O)O)cn(-c3ccc(F)cc3F)c12.Cl. The number of nitrogens with zero attached hydrogens (tertiary/aromatic N) is 2. The number of fused-ring (bicyclic) bond motifs is 1. The zero-order valence-electron chi connectivity index (χ0n) is 18.0. The molecule has 0 aliphatic carbocycles. The minimum absolute atomic E-state index is 0. The van der Waals surface area contributed by atoms with Gasteiger partial charge in [-0.1, -0.05) is 0 Å². The van der Waals surface area contributed by atoms with Gasteiger partial charge in [-0.2, -0.15) is 0 Å². The Labute approximate surface area is 197 Å². The van der Waals surface area contributed by atoms with Gasteiger partial charge in [-0.3, -0.25) is 4.79 Å². The van der Waals surface area contributed by atoms with E-state index in [1.807, 2.05) is 0 Å². The van der Waals surface area contributed by atoms with E-state index in [2.05, 4.69) is 0 Å². The van der Waals surface area contributed by atoms with E-state index in [0.29, 0.717) is 6.07 Å². The first-order valence-corrected chi connectivity index (χ1v) is 9.85. The average Bonchev–Trinajstić information content (AvgIpc) is 3.13. The van der Waals surface area contributed by atoms with Gasteiger partial charge in [0.2, 0.25) is 5.43 Å². The van der Waals surface area contributed by atoms with E-state index in [1.165, 1.54) is 14.2 Å². The van der Waals surface area contributed by atoms with Crippen LogP contribution in [0.1, 0.15) is 10.4 Å². The summed E-state index contributed by atoms with van der Waals surface area (Å²) in [6, 6.07) is 3.11. The fourth-order valence-corrected chi connectivity index (χ4v) is 4.15. The van der Waals surface area contributed by atoms with Gasteiger partial charge < -0.3 is 29.8 Å². The topological polar surface area (TPSA) is 107 Å². The number of carboxylic acid groups (broad SMARTS) is 1. The molecule has 0 unspecified atom stereocenters. The number of rotatable bonds is 5. The number of methoxy groups -OCH3 is 2. The first-order chi connectivity index (χ1) is 15.7. The largest absolute Gasteiger partial charge is 0.492 e. The second-order valence-electron chi connectivity index (χ2n) is 7.62. The number of hydrogen-bond donors (Lipinski definition) is 2. The third kappa shape index (κ3) is 4.06. The number of carbonyl (C=O) groups is 1. The molecule has 0 radical (unpaired) electrons. The second kappa shape index (κ2) is 9.53. The summed E-state index contributed by atoms with van der Waals surface area (Å²) in [5, 5.41) is 9.15. The summed E-state index contributed by atoms with van der Waals surface area (Å²) in [5.41, 5.74) is 3.99. The molecule has 1 saturated heterocycles. The van der Waals surface area contributed by atoms with Gasteiger partial charge in [0.1, 0.15) is 28.4 Å². The Balaban J connectivity index is 0.00000324. The molecule has 34 heavy (non-hydrogen) atoms. The molecule has 0 saturated carbocycles. The molecule has 3 aromatic rings. The lowest BCUT2D eigenvalue weighted by Crippen LogP contribution is -2.34. The lowest BCUT2D eigenvalue weighted by atomic mass is 10.1. The number of nitrogens with two attached hydrogens (primary N) is 1. The molecular weight excluding hydrogens is 479 g/mol. The van der Waals surface area contributed by atoms with E-state index in [0.717, 1.165) is 29.0 Å². The Bertz CT molecular complexity index is 1330. The molecular formula is C22H21ClF3N3O5. The van der Waals surface area contributed by atoms with Crippen molar-refractivity contribution < 1.29 is 32.5 Å². The molecule has 182 valence electrons. The molecule has 2 atom stereocenters. The highest BCUT2D eigenvalue weighted by Gasteiger charge is 2.35. The molecule has 4 rings (SSSR count). The lowest BCUT2D eigenvalue weighted by molar-refractivity contribution is 0.0695. The van der Waals surface area contributed by atoms with Gasteiger partial charge in [-0.25, -0.2) is 18.0 Å². The van der Waals surface area contributed by atoms with Crippen LogP contribution in [0.25, 0.3) is 16.6 Å². The van der Waals surface area contributed by atoms with Crippen molar-refractivity contribution in [1.29, 1.82) is 0 Å². The number of aromatic nitrogens is 1. The van der Waals surface area contributed by atoms with E-state index < -0.39 is 46.6 Å². The van der Waals surface area contributed by atoms with Gasteiger partial charge in [0.25, 0.3) is 0 Å². The minimum atomic E-state index is -1.59. The maximum atomic E-state index is 15.3. The number of carboxylic acids is 1. The van der Waals surface area contributed by atoms with Crippen LogP contribution in [0.2, 0.25) is 0 Å². The maximum Gasteiger partial charge on any atom is 0.341 e. The van der Waals surface area contributed by atoms with E-state index in [-0.39, 0.29) is 53.5 Å². The van der Waals surface area contributed by atoms with Gasteiger partial charge in [0.05, 0.1) is 30.3 Å². The maximum absolute atomic E-state index is 15.3. The van der Waals surface area contributed by atoms with Crippen molar-refractivity contribution >= 4 is 35.0 Å². The molecule has 2 aromatic carbocycles.